The van der Waals surface area contributed by atoms with E-state index in [0.29, 0.717) is 6.07 Å². The van der Waals surface area contributed by atoms with Crippen molar-refractivity contribution in [2.24, 2.45) is 0 Å². The standard InChI is InChI=1S/C9H3ClF3NO/c10-9(12,13)8(15)5-1-2-6(4-14)7(11)3-5/h1-3H. The van der Waals surface area contributed by atoms with E-state index in [1.165, 1.54) is 6.07 Å². The molecule has 0 aliphatic carbocycles. The molecule has 0 aliphatic rings. The van der Waals surface area contributed by atoms with Gasteiger partial charge in [0.05, 0.1) is 5.56 Å². The molecule has 0 spiro atoms. The van der Waals surface area contributed by atoms with Crippen LogP contribution in [-0.4, -0.2) is 11.2 Å². The fraction of sp³-hybridized carbons (Fsp3) is 0.111. The summed E-state index contributed by atoms with van der Waals surface area (Å²) in [7, 11) is 0. The number of ketones is 1. The van der Waals surface area contributed by atoms with Crippen molar-refractivity contribution in [1.29, 1.82) is 5.26 Å². The second-order valence-corrected chi connectivity index (χ2v) is 3.11. The topological polar surface area (TPSA) is 40.9 Å². The Balaban J connectivity index is 3.15. The Kier molecular flexibility index (Phi) is 3.01. The third-order valence-corrected chi connectivity index (χ3v) is 1.78. The van der Waals surface area contributed by atoms with Gasteiger partial charge in [-0.2, -0.15) is 14.0 Å². The van der Waals surface area contributed by atoms with Crippen molar-refractivity contribution in [3.63, 3.8) is 0 Å². The number of rotatable bonds is 2. The molecule has 0 heterocycles. The first-order chi connectivity index (χ1) is 6.86. The average Bonchev–Trinajstić information content (AvgIpc) is 2.15. The molecule has 0 fully saturated rings. The van der Waals surface area contributed by atoms with E-state index in [2.05, 4.69) is 11.6 Å². The lowest BCUT2D eigenvalue weighted by atomic mass is 10.1. The van der Waals surface area contributed by atoms with Gasteiger partial charge in [-0.25, -0.2) is 4.39 Å². The zero-order valence-corrected chi connectivity index (χ0v) is 7.86. The fourth-order valence-electron chi connectivity index (χ4n) is 0.911. The third kappa shape index (κ3) is 2.48. The minimum Gasteiger partial charge on any atom is -0.286 e. The Labute approximate surface area is 87.9 Å². The van der Waals surface area contributed by atoms with E-state index >= 15 is 0 Å². The van der Waals surface area contributed by atoms with Crippen LogP contribution in [0.4, 0.5) is 13.2 Å². The van der Waals surface area contributed by atoms with Gasteiger partial charge in [0.15, 0.2) is 0 Å². The Bertz CT molecular complexity index is 448. The minimum atomic E-state index is -4.07. The van der Waals surface area contributed by atoms with Crippen LogP contribution in [0.5, 0.6) is 0 Å². The first-order valence-electron chi connectivity index (χ1n) is 3.67. The van der Waals surface area contributed by atoms with Crippen LogP contribution < -0.4 is 0 Å². The highest BCUT2D eigenvalue weighted by molar-refractivity contribution is 6.35. The summed E-state index contributed by atoms with van der Waals surface area (Å²) in [5, 5.41) is 4.29. The number of carbonyl (C=O) groups is 1. The summed E-state index contributed by atoms with van der Waals surface area (Å²) < 4.78 is 37.6. The molecule has 0 saturated carbocycles. The molecule has 0 radical (unpaired) electrons. The largest absolute Gasteiger partial charge is 0.384 e. The average molecular weight is 234 g/mol. The van der Waals surface area contributed by atoms with E-state index in [1.807, 2.05) is 0 Å². The first-order valence-corrected chi connectivity index (χ1v) is 4.05. The highest BCUT2D eigenvalue weighted by Crippen LogP contribution is 2.25. The van der Waals surface area contributed by atoms with Gasteiger partial charge in [-0.15, -0.1) is 0 Å². The van der Waals surface area contributed by atoms with Crippen molar-refractivity contribution in [2.45, 2.75) is 5.38 Å². The van der Waals surface area contributed by atoms with Crippen LogP contribution in [0.3, 0.4) is 0 Å². The van der Waals surface area contributed by atoms with E-state index in [-0.39, 0.29) is 5.56 Å². The molecule has 0 saturated heterocycles. The minimum absolute atomic E-state index is 0.329. The van der Waals surface area contributed by atoms with Crippen molar-refractivity contribution >= 4 is 17.4 Å². The molecule has 1 rings (SSSR count). The molecule has 6 heteroatoms. The zero-order chi connectivity index (χ0) is 11.6. The zero-order valence-electron chi connectivity index (χ0n) is 7.10. The summed E-state index contributed by atoms with van der Waals surface area (Å²) >= 11 is 4.47. The van der Waals surface area contributed by atoms with Crippen LogP contribution in [0.2, 0.25) is 0 Å². The van der Waals surface area contributed by atoms with Gasteiger partial charge in [-0.05, 0) is 29.8 Å². The van der Waals surface area contributed by atoms with Gasteiger partial charge in [0.25, 0.3) is 0 Å². The molecule has 0 aliphatic heterocycles. The Hall–Kier alpha value is -1.54. The maximum atomic E-state index is 12.9. The molecule has 0 bridgehead atoms. The van der Waals surface area contributed by atoms with Crippen molar-refractivity contribution in [1.82, 2.24) is 0 Å². The van der Waals surface area contributed by atoms with Crippen molar-refractivity contribution in [3.8, 4) is 6.07 Å². The Morgan fingerprint density at radius 2 is 2.07 bits per heavy atom. The van der Waals surface area contributed by atoms with Crippen LogP contribution in [-0.2, 0) is 0 Å². The predicted molar refractivity (Wildman–Crippen MR) is 46.2 cm³/mol. The van der Waals surface area contributed by atoms with E-state index in [4.69, 9.17) is 5.26 Å². The molecular weight excluding hydrogens is 231 g/mol. The molecule has 78 valence electrons. The molecule has 0 amide bonds. The summed E-state index contributed by atoms with van der Waals surface area (Å²) in [6.07, 6.45) is 0. The molecule has 1 aromatic rings. The van der Waals surface area contributed by atoms with Gasteiger partial charge in [0.2, 0.25) is 5.78 Å². The second-order valence-electron chi connectivity index (χ2n) is 2.63. The maximum absolute atomic E-state index is 12.9. The number of hydrogen-bond donors (Lipinski definition) is 0. The molecule has 0 N–H and O–H groups in total. The maximum Gasteiger partial charge on any atom is 0.384 e. The van der Waals surface area contributed by atoms with Crippen molar-refractivity contribution in [3.05, 3.63) is 35.1 Å². The normalized spacial score (nSPS) is 10.9. The fourth-order valence-corrected chi connectivity index (χ4v) is 1.02. The molecule has 0 unspecified atom stereocenters. The van der Waals surface area contributed by atoms with Gasteiger partial charge in [-0.3, -0.25) is 4.79 Å². The van der Waals surface area contributed by atoms with Gasteiger partial charge in [0.1, 0.15) is 11.9 Å². The second kappa shape index (κ2) is 3.91. The number of halogens is 4. The van der Waals surface area contributed by atoms with E-state index in [1.54, 1.807) is 0 Å². The number of hydrogen-bond acceptors (Lipinski definition) is 2. The summed E-state index contributed by atoms with van der Waals surface area (Å²) in [5.41, 5.74) is -0.907. The van der Waals surface area contributed by atoms with E-state index < -0.39 is 22.5 Å². The Morgan fingerprint density at radius 1 is 1.47 bits per heavy atom. The predicted octanol–water partition coefficient (Wildman–Crippen LogP) is 2.71. The van der Waals surface area contributed by atoms with Gasteiger partial charge >= 0.3 is 5.38 Å². The Morgan fingerprint density at radius 3 is 2.47 bits per heavy atom. The highest BCUT2D eigenvalue weighted by atomic mass is 35.5. The van der Waals surface area contributed by atoms with Crippen molar-refractivity contribution < 1.29 is 18.0 Å². The van der Waals surface area contributed by atoms with Crippen LogP contribution in [0.15, 0.2) is 18.2 Å². The number of benzene rings is 1. The molecule has 0 aromatic heterocycles. The van der Waals surface area contributed by atoms with E-state index in [0.717, 1.165) is 12.1 Å². The lowest BCUT2D eigenvalue weighted by Gasteiger charge is -2.06. The summed E-state index contributed by atoms with van der Waals surface area (Å²) in [4.78, 5) is 10.9. The van der Waals surface area contributed by atoms with Crippen LogP contribution in [0.25, 0.3) is 0 Å². The SMILES string of the molecule is N#Cc1ccc(C(=O)C(F)(F)Cl)cc1F. The number of carbonyl (C=O) groups excluding carboxylic acids is 1. The quantitative estimate of drug-likeness (QED) is 0.582. The number of alkyl halides is 3. The lowest BCUT2D eigenvalue weighted by molar-refractivity contribution is 0.0536. The van der Waals surface area contributed by atoms with E-state index in [9.17, 15) is 18.0 Å². The van der Waals surface area contributed by atoms with Crippen molar-refractivity contribution in [2.75, 3.05) is 0 Å². The molecular formula is C9H3ClF3NO. The number of nitriles is 1. The van der Waals surface area contributed by atoms with Crippen LogP contribution in [0.1, 0.15) is 15.9 Å². The van der Waals surface area contributed by atoms with Crippen LogP contribution >= 0.6 is 11.6 Å². The summed E-state index contributed by atoms with van der Waals surface area (Å²) in [5.74, 6) is -2.74. The molecule has 2 nitrogen and oxygen atoms in total. The smallest absolute Gasteiger partial charge is 0.286 e. The monoisotopic (exact) mass is 233 g/mol. The van der Waals surface area contributed by atoms with Gasteiger partial charge in [0, 0.05) is 5.56 Å². The summed E-state index contributed by atoms with van der Waals surface area (Å²) in [6.45, 7) is 0. The number of Topliss-reactive ketones (excluding diaryl/α,β-unsaturated/α-hetero) is 1. The first kappa shape index (κ1) is 11.5. The van der Waals surface area contributed by atoms with Gasteiger partial charge in [-0.1, -0.05) is 0 Å². The summed E-state index contributed by atoms with van der Waals surface area (Å²) in [6, 6.07) is 3.90. The lowest BCUT2D eigenvalue weighted by Crippen LogP contribution is -2.21. The molecule has 1 aromatic carbocycles. The van der Waals surface area contributed by atoms with Gasteiger partial charge < -0.3 is 0 Å². The molecule has 15 heavy (non-hydrogen) atoms. The highest BCUT2D eigenvalue weighted by Gasteiger charge is 2.36. The third-order valence-electron chi connectivity index (χ3n) is 1.61. The van der Waals surface area contributed by atoms with Crippen LogP contribution in [0, 0.1) is 17.1 Å². The number of nitrogens with zero attached hydrogens (tertiary/aromatic N) is 1. The molecule has 0 atom stereocenters.